The lowest BCUT2D eigenvalue weighted by Crippen LogP contribution is -2.22. The normalized spacial score (nSPS) is 11.3. The van der Waals surface area contributed by atoms with Crippen LogP contribution >= 0.6 is 22.6 Å². The number of nitrogens with zero attached hydrogens (tertiary/aromatic N) is 2. The number of hydrogen-bond acceptors (Lipinski definition) is 3. The van der Waals surface area contributed by atoms with E-state index in [0.29, 0.717) is 16.7 Å². The van der Waals surface area contributed by atoms with Crippen LogP contribution in [0.1, 0.15) is 17.0 Å². The van der Waals surface area contributed by atoms with Crippen LogP contribution in [0.4, 0.5) is 0 Å². The molecule has 0 aliphatic heterocycles. The fourth-order valence-corrected chi connectivity index (χ4v) is 3.70. The van der Waals surface area contributed by atoms with Crippen molar-refractivity contribution in [2.75, 3.05) is 7.11 Å². The average Bonchev–Trinajstić information content (AvgIpc) is 2.73. The molecule has 0 atom stereocenters. The molecule has 1 heterocycles. The zero-order valence-electron chi connectivity index (χ0n) is 16.1. The van der Waals surface area contributed by atoms with Gasteiger partial charge in [-0.1, -0.05) is 35.9 Å². The second-order valence-corrected chi connectivity index (χ2v) is 7.96. The van der Waals surface area contributed by atoms with E-state index in [1.165, 1.54) is 5.56 Å². The quantitative estimate of drug-likeness (QED) is 0.353. The standard InChI is InChI=1S/C24H19IN2O2/c1-16-4-3-5-17(14-16)6-13-23-26-22-12-7-18(25)15-21(22)24(28)27(23)19-8-10-20(29-2)11-9-19/h3-15H,1-2H3/b13-6+. The van der Waals surface area contributed by atoms with Crippen LogP contribution in [0.2, 0.25) is 0 Å². The van der Waals surface area contributed by atoms with Crippen LogP contribution in [0.3, 0.4) is 0 Å². The first-order chi connectivity index (χ1) is 14.0. The molecule has 0 bridgehead atoms. The van der Waals surface area contributed by atoms with E-state index in [1.54, 1.807) is 11.7 Å². The Hall–Kier alpha value is -2.93. The molecule has 3 aromatic carbocycles. The Labute approximate surface area is 182 Å². The first-order valence-electron chi connectivity index (χ1n) is 9.16. The van der Waals surface area contributed by atoms with E-state index < -0.39 is 0 Å². The van der Waals surface area contributed by atoms with E-state index in [-0.39, 0.29) is 5.56 Å². The molecular formula is C24H19IN2O2. The molecule has 0 saturated carbocycles. The summed E-state index contributed by atoms with van der Waals surface area (Å²) in [5, 5.41) is 0.598. The van der Waals surface area contributed by atoms with Crippen LogP contribution in [-0.2, 0) is 0 Å². The molecule has 29 heavy (non-hydrogen) atoms. The number of ether oxygens (including phenoxy) is 1. The first-order valence-corrected chi connectivity index (χ1v) is 10.2. The van der Waals surface area contributed by atoms with E-state index >= 15 is 0 Å². The number of fused-ring (bicyclic) bond motifs is 1. The summed E-state index contributed by atoms with van der Waals surface area (Å²) in [5.74, 6) is 1.32. The van der Waals surface area contributed by atoms with Crippen LogP contribution in [0.15, 0.2) is 71.5 Å². The molecule has 0 aliphatic rings. The zero-order valence-corrected chi connectivity index (χ0v) is 18.3. The fraction of sp³-hybridized carbons (Fsp3) is 0.0833. The van der Waals surface area contributed by atoms with E-state index in [9.17, 15) is 4.79 Å². The minimum atomic E-state index is -0.0948. The highest BCUT2D eigenvalue weighted by atomic mass is 127. The summed E-state index contributed by atoms with van der Waals surface area (Å²) >= 11 is 2.21. The van der Waals surface area contributed by atoms with Crippen LogP contribution in [-0.4, -0.2) is 16.7 Å². The Morgan fingerprint density at radius 1 is 1.00 bits per heavy atom. The highest BCUT2D eigenvalue weighted by molar-refractivity contribution is 14.1. The summed E-state index contributed by atoms with van der Waals surface area (Å²) in [6.45, 7) is 2.06. The number of halogens is 1. The Kier molecular flexibility index (Phi) is 5.49. The number of rotatable bonds is 4. The van der Waals surface area contributed by atoms with Crippen LogP contribution < -0.4 is 10.3 Å². The van der Waals surface area contributed by atoms with Gasteiger partial charge in [0.1, 0.15) is 11.6 Å². The first kappa shape index (κ1) is 19.4. The van der Waals surface area contributed by atoms with E-state index in [2.05, 4.69) is 41.6 Å². The Bertz CT molecular complexity index is 1270. The largest absolute Gasteiger partial charge is 0.497 e. The molecule has 0 radical (unpaired) electrons. The predicted molar refractivity (Wildman–Crippen MR) is 127 cm³/mol. The molecule has 4 nitrogen and oxygen atoms in total. The number of hydrogen-bond donors (Lipinski definition) is 0. The van der Waals surface area contributed by atoms with Gasteiger partial charge in [0.05, 0.1) is 23.7 Å². The minimum absolute atomic E-state index is 0.0948. The van der Waals surface area contributed by atoms with Gasteiger partial charge in [0.25, 0.3) is 5.56 Å². The molecule has 5 heteroatoms. The van der Waals surface area contributed by atoms with Crippen molar-refractivity contribution in [3.63, 3.8) is 0 Å². The van der Waals surface area contributed by atoms with Gasteiger partial charge in [-0.05, 0) is 83.6 Å². The SMILES string of the molecule is COc1ccc(-n2c(/C=C/c3cccc(C)c3)nc3ccc(I)cc3c2=O)cc1. The molecule has 0 spiro atoms. The highest BCUT2D eigenvalue weighted by Crippen LogP contribution is 2.19. The van der Waals surface area contributed by atoms with Crippen molar-refractivity contribution >= 4 is 45.6 Å². The van der Waals surface area contributed by atoms with Crippen LogP contribution in [0.5, 0.6) is 5.75 Å². The lowest BCUT2D eigenvalue weighted by molar-refractivity contribution is 0.414. The van der Waals surface area contributed by atoms with Crippen molar-refractivity contribution in [2.24, 2.45) is 0 Å². The second-order valence-electron chi connectivity index (χ2n) is 6.72. The maximum Gasteiger partial charge on any atom is 0.266 e. The Morgan fingerprint density at radius 2 is 1.79 bits per heavy atom. The van der Waals surface area contributed by atoms with E-state index in [0.717, 1.165) is 20.6 Å². The summed E-state index contributed by atoms with van der Waals surface area (Å²) in [6, 6.07) is 21.3. The fourth-order valence-electron chi connectivity index (χ4n) is 3.21. The molecule has 0 saturated heterocycles. The monoisotopic (exact) mass is 494 g/mol. The van der Waals surface area contributed by atoms with Crippen molar-refractivity contribution in [3.8, 4) is 11.4 Å². The van der Waals surface area contributed by atoms with Gasteiger partial charge in [-0.25, -0.2) is 4.98 Å². The topological polar surface area (TPSA) is 44.1 Å². The van der Waals surface area contributed by atoms with Crippen LogP contribution in [0.25, 0.3) is 28.7 Å². The summed E-state index contributed by atoms with van der Waals surface area (Å²) in [4.78, 5) is 18.2. The molecule has 0 amide bonds. The molecule has 1 aromatic heterocycles. The number of methoxy groups -OCH3 is 1. The van der Waals surface area contributed by atoms with E-state index in [1.807, 2.05) is 66.7 Å². The lowest BCUT2D eigenvalue weighted by Gasteiger charge is -2.12. The maximum absolute atomic E-state index is 13.4. The van der Waals surface area contributed by atoms with Gasteiger partial charge in [-0.3, -0.25) is 9.36 Å². The van der Waals surface area contributed by atoms with Crippen molar-refractivity contribution in [3.05, 3.63) is 97.6 Å². The number of aryl methyl sites for hydroxylation is 1. The average molecular weight is 494 g/mol. The van der Waals surface area contributed by atoms with Gasteiger partial charge in [-0.2, -0.15) is 0 Å². The molecule has 0 N–H and O–H groups in total. The smallest absolute Gasteiger partial charge is 0.266 e. The van der Waals surface area contributed by atoms with Gasteiger partial charge in [-0.15, -0.1) is 0 Å². The van der Waals surface area contributed by atoms with Crippen molar-refractivity contribution < 1.29 is 4.74 Å². The lowest BCUT2D eigenvalue weighted by atomic mass is 10.1. The molecule has 4 aromatic rings. The van der Waals surface area contributed by atoms with Gasteiger partial charge in [0.2, 0.25) is 0 Å². The predicted octanol–water partition coefficient (Wildman–Crippen LogP) is 5.48. The van der Waals surface area contributed by atoms with Gasteiger partial charge < -0.3 is 4.74 Å². The van der Waals surface area contributed by atoms with Crippen molar-refractivity contribution in [2.45, 2.75) is 6.92 Å². The molecule has 4 rings (SSSR count). The van der Waals surface area contributed by atoms with Crippen LogP contribution in [0, 0.1) is 10.5 Å². The summed E-state index contributed by atoms with van der Waals surface area (Å²) in [7, 11) is 1.62. The van der Waals surface area contributed by atoms with Gasteiger partial charge in [0.15, 0.2) is 0 Å². The van der Waals surface area contributed by atoms with Gasteiger partial charge >= 0.3 is 0 Å². The minimum Gasteiger partial charge on any atom is -0.497 e. The molecular weight excluding hydrogens is 475 g/mol. The number of benzene rings is 3. The number of aromatic nitrogens is 2. The Balaban J connectivity index is 1.93. The van der Waals surface area contributed by atoms with E-state index in [4.69, 9.17) is 9.72 Å². The summed E-state index contributed by atoms with van der Waals surface area (Å²) in [6.07, 6.45) is 3.87. The van der Waals surface area contributed by atoms with Crippen molar-refractivity contribution in [1.29, 1.82) is 0 Å². The molecule has 144 valence electrons. The highest BCUT2D eigenvalue weighted by Gasteiger charge is 2.12. The zero-order chi connectivity index (χ0) is 20.4. The van der Waals surface area contributed by atoms with Crippen molar-refractivity contribution in [1.82, 2.24) is 9.55 Å². The third kappa shape index (κ3) is 4.10. The maximum atomic E-state index is 13.4. The van der Waals surface area contributed by atoms with Gasteiger partial charge in [0, 0.05) is 3.57 Å². The Morgan fingerprint density at radius 3 is 2.52 bits per heavy atom. The third-order valence-electron chi connectivity index (χ3n) is 4.65. The summed E-state index contributed by atoms with van der Waals surface area (Å²) < 4.78 is 7.89. The summed E-state index contributed by atoms with van der Waals surface area (Å²) in [5.41, 5.74) is 3.57. The third-order valence-corrected chi connectivity index (χ3v) is 5.32. The molecule has 0 unspecified atom stereocenters. The second kappa shape index (κ2) is 8.21. The molecule has 0 fully saturated rings. The molecule has 0 aliphatic carbocycles.